The second-order valence-electron chi connectivity index (χ2n) is 8.03. The molecule has 0 spiro atoms. The molecule has 6 nitrogen and oxygen atoms in total. The largest absolute Gasteiger partial charge is 0.424 e. The first-order valence-electron chi connectivity index (χ1n) is 10.6. The number of piperidine rings is 1. The van der Waals surface area contributed by atoms with E-state index in [-0.39, 0.29) is 0 Å². The van der Waals surface area contributed by atoms with Gasteiger partial charge < -0.3 is 24.5 Å². The lowest BCUT2D eigenvalue weighted by Gasteiger charge is -2.50. The Balaban J connectivity index is 1.64. The predicted molar refractivity (Wildman–Crippen MR) is 122 cm³/mol. The number of aromatic nitrogens is 1. The van der Waals surface area contributed by atoms with E-state index in [9.17, 15) is 0 Å². The molecule has 4 aromatic rings. The Kier molecular flexibility index (Phi) is 5.14. The molecule has 1 fully saturated rings. The average Bonchev–Trinajstić information content (AvgIpc) is 3.23. The van der Waals surface area contributed by atoms with E-state index < -0.39 is 11.3 Å². The molecule has 1 saturated heterocycles. The first kappa shape index (κ1) is 20.0. The molecular formula is C25H27N3O3. The van der Waals surface area contributed by atoms with E-state index in [1.807, 2.05) is 36.4 Å². The zero-order valence-corrected chi connectivity index (χ0v) is 17.9. The van der Waals surface area contributed by atoms with E-state index in [4.69, 9.17) is 13.9 Å². The molecule has 1 aliphatic heterocycles. The Hall–Kier alpha value is -2.93. The molecule has 31 heavy (non-hydrogen) atoms. The highest BCUT2D eigenvalue weighted by atomic mass is 16.7. The molecular weight excluding hydrogens is 390 g/mol. The van der Waals surface area contributed by atoms with Crippen LogP contribution in [-0.2, 0) is 15.3 Å². The third-order valence-corrected chi connectivity index (χ3v) is 6.43. The number of methoxy groups -OCH3 is 2. The second kappa shape index (κ2) is 7.96. The third kappa shape index (κ3) is 3.28. The molecule has 0 atom stereocenters. The van der Waals surface area contributed by atoms with Crippen molar-refractivity contribution in [2.24, 2.45) is 0 Å². The molecule has 0 aliphatic carbocycles. The Bertz CT molecular complexity index is 1160. The maximum absolute atomic E-state index is 6.23. The maximum Gasteiger partial charge on any atom is 0.296 e. The highest BCUT2D eigenvalue weighted by molar-refractivity contribution is 5.83. The van der Waals surface area contributed by atoms with Crippen molar-refractivity contribution in [3.63, 3.8) is 0 Å². The molecule has 1 aliphatic rings. The van der Waals surface area contributed by atoms with Gasteiger partial charge in [-0.05, 0) is 54.9 Å². The minimum Gasteiger partial charge on any atom is -0.424 e. The summed E-state index contributed by atoms with van der Waals surface area (Å²) in [6, 6.07) is 22.9. The molecule has 6 heteroatoms. The summed E-state index contributed by atoms with van der Waals surface area (Å²) in [7, 11) is 3.41. The number of nitrogens with one attached hydrogen (secondary N) is 2. The summed E-state index contributed by atoms with van der Waals surface area (Å²) >= 11 is 0. The highest BCUT2D eigenvalue weighted by Crippen LogP contribution is 2.45. The van der Waals surface area contributed by atoms with Crippen LogP contribution in [0.15, 0.2) is 71.1 Å². The first-order chi connectivity index (χ1) is 15.2. The smallest absolute Gasteiger partial charge is 0.296 e. The molecule has 5 rings (SSSR count). The maximum atomic E-state index is 6.23. The van der Waals surface area contributed by atoms with Gasteiger partial charge in [0.2, 0.25) is 5.79 Å². The Morgan fingerprint density at radius 1 is 0.935 bits per heavy atom. The van der Waals surface area contributed by atoms with E-state index in [0.717, 1.165) is 48.0 Å². The molecule has 0 radical (unpaired) electrons. The predicted octanol–water partition coefficient (Wildman–Crippen LogP) is 4.66. The third-order valence-electron chi connectivity index (χ3n) is 6.43. The van der Waals surface area contributed by atoms with Crippen LogP contribution >= 0.6 is 0 Å². The normalized spacial score (nSPS) is 16.6. The number of oxazole rings is 1. The van der Waals surface area contributed by atoms with Crippen LogP contribution in [-0.4, -0.2) is 37.8 Å². The number of hydrogen-bond acceptors (Lipinski definition) is 6. The van der Waals surface area contributed by atoms with E-state index in [0.29, 0.717) is 6.01 Å². The Morgan fingerprint density at radius 3 is 2.39 bits per heavy atom. The van der Waals surface area contributed by atoms with Crippen LogP contribution < -0.4 is 10.6 Å². The number of anilines is 1. The van der Waals surface area contributed by atoms with Gasteiger partial charge in [-0.3, -0.25) is 0 Å². The number of nitrogens with zero attached hydrogens (tertiary/aromatic N) is 1. The van der Waals surface area contributed by atoms with Crippen molar-refractivity contribution in [2.45, 2.75) is 24.2 Å². The van der Waals surface area contributed by atoms with Crippen molar-refractivity contribution < 1.29 is 13.9 Å². The lowest BCUT2D eigenvalue weighted by atomic mass is 9.76. The van der Waals surface area contributed by atoms with Crippen LogP contribution in [0, 0.1) is 0 Å². The summed E-state index contributed by atoms with van der Waals surface area (Å²) in [6.45, 7) is 1.66. The quantitative estimate of drug-likeness (QED) is 0.445. The fraction of sp³-hybridized carbons (Fsp3) is 0.320. The van der Waals surface area contributed by atoms with Gasteiger partial charge in [0.15, 0.2) is 5.58 Å². The first-order valence-corrected chi connectivity index (χ1v) is 10.6. The summed E-state index contributed by atoms with van der Waals surface area (Å²) in [4.78, 5) is 4.67. The molecule has 0 amide bonds. The van der Waals surface area contributed by atoms with E-state index in [2.05, 4.69) is 45.9 Å². The number of fused-ring (bicyclic) bond motifs is 2. The zero-order valence-electron chi connectivity index (χ0n) is 17.9. The van der Waals surface area contributed by atoms with Crippen molar-refractivity contribution in [2.75, 3.05) is 32.6 Å². The summed E-state index contributed by atoms with van der Waals surface area (Å²) in [6.07, 6.45) is 1.56. The molecule has 1 aromatic heterocycles. The van der Waals surface area contributed by atoms with Gasteiger partial charge in [-0.1, -0.05) is 48.5 Å². The van der Waals surface area contributed by atoms with Crippen LogP contribution in [0.2, 0.25) is 0 Å². The monoisotopic (exact) mass is 417 g/mol. The molecule has 0 bridgehead atoms. The molecule has 0 saturated carbocycles. The van der Waals surface area contributed by atoms with Crippen molar-refractivity contribution >= 4 is 27.9 Å². The summed E-state index contributed by atoms with van der Waals surface area (Å²) in [5.41, 5.74) is 1.95. The van der Waals surface area contributed by atoms with E-state index in [1.165, 1.54) is 5.39 Å². The molecule has 2 N–H and O–H groups in total. The fourth-order valence-corrected chi connectivity index (χ4v) is 4.90. The number of hydrogen-bond donors (Lipinski definition) is 2. The van der Waals surface area contributed by atoms with Crippen LogP contribution in [0.3, 0.4) is 0 Å². The standard InChI is InChI=1S/C25H27N3O3/c1-29-25(30-2,20-12-11-18-7-3-4-8-19(18)17-20)24(13-15-26-16-14-24)28-23-27-21-9-5-6-10-22(21)31-23/h3-12,17,26H,13-16H2,1-2H3,(H,27,28). The second-order valence-corrected chi connectivity index (χ2v) is 8.03. The molecule has 0 unspecified atom stereocenters. The van der Waals surface area contributed by atoms with Gasteiger partial charge >= 0.3 is 0 Å². The highest BCUT2D eigenvalue weighted by Gasteiger charge is 2.55. The molecule has 3 aromatic carbocycles. The lowest BCUT2D eigenvalue weighted by molar-refractivity contribution is -0.257. The van der Waals surface area contributed by atoms with E-state index >= 15 is 0 Å². The van der Waals surface area contributed by atoms with Gasteiger partial charge in [0.1, 0.15) is 11.1 Å². The average molecular weight is 418 g/mol. The number of para-hydroxylation sites is 2. The zero-order chi connectivity index (χ0) is 21.3. The van der Waals surface area contributed by atoms with Crippen LogP contribution in [0.1, 0.15) is 18.4 Å². The SMILES string of the molecule is COC(OC)(c1ccc2ccccc2c1)C1(Nc2nc3ccccc3o2)CCNCC1. The van der Waals surface area contributed by atoms with Crippen molar-refractivity contribution in [1.82, 2.24) is 10.3 Å². The van der Waals surface area contributed by atoms with Crippen LogP contribution in [0.25, 0.3) is 21.9 Å². The van der Waals surface area contributed by atoms with Crippen molar-refractivity contribution in [3.8, 4) is 0 Å². The minimum atomic E-state index is -1.03. The van der Waals surface area contributed by atoms with Gasteiger partial charge in [0, 0.05) is 19.8 Å². The Morgan fingerprint density at radius 2 is 1.65 bits per heavy atom. The number of benzene rings is 3. The van der Waals surface area contributed by atoms with Gasteiger partial charge in [0.05, 0.1) is 0 Å². The van der Waals surface area contributed by atoms with Gasteiger partial charge in [-0.25, -0.2) is 0 Å². The summed E-state index contributed by atoms with van der Waals surface area (Å²) < 4.78 is 18.5. The summed E-state index contributed by atoms with van der Waals surface area (Å²) in [5, 5.41) is 9.38. The van der Waals surface area contributed by atoms with Gasteiger partial charge in [0.25, 0.3) is 6.01 Å². The van der Waals surface area contributed by atoms with Crippen LogP contribution in [0.4, 0.5) is 6.01 Å². The van der Waals surface area contributed by atoms with Gasteiger partial charge in [-0.2, -0.15) is 4.98 Å². The number of ether oxygens (including phenoxy) is 2. The van der Waals surface area contributed by atoms with Crippen molar-refractivity contribution in [3.05, 3.63) is 72.3 Å². The van der Waals surface area contributed by atoms with Crippen molar-refractivity contribution in [1.29, 1.82) is 0 Å². The van der Waals surface area contributed by atoms with Crippen LogP contribution in [0.5, 0.6) is 0 Å². The topological polar surface area (TPSA) is 68.5 Å². The molecule has 160 valence electrons. The fourth-order valence-electron chi connectivity index (χ4n) is 4.90. The summed E-state index contributed by atoms with van der Waals surface area (Å²) in [5.74, 6) is -1.03. The Labute approximate surface area is 181 Å². The lowest BCUT2D eigenvalue weighted by Crippen LogP contribution is -2.63. The van der Waals surface area contributed by atoms with E-state index in [1.54, 1.807) is 14.2 Å². The number of rotatable bonds is 6. The molecule has 2 heterocycles. The minimum absolute atomic E-state index is 0.474. The van der Waals surface area contributed by atoms with Gasteiger partial charge in [-0.15, -0.1) is 0 Å².